The first-order chi connectivity index (χ1) is 7.86. The number of thiophene rings is 1. The van der Waals surface area contributed by atoms with Gasteiger partial charge in [-0.05, 0) is 36.4 Å². The smallest absolute Gasteiger partial charge is 0.0454 e. The zero-order valence-corrected chi connectivity index (χ0v) is 10.9. The van der Waals surface area contributed by atoms with E-state index in [1.807, 2.05) is 11.3 Å². The fraction of sp³-hybridized carbons (Fsp3) is 0.429. The summed E-state index contributed by atoms with van der Waals surface area (Å²) in [6.45, 7) is 6.80. The number of hydrogen-bond acceptors (Lipinski definition) is 2. The molecule has 1 aromatic heterocycles. The molecule has 0 N–H and O–H groups in total. The number of nitrogens with zero attached hydrogens (tertiary/aromatic N) is 1. The molecule has 2 aromatic rings. The van der Waals surface area contributed by atoms with Crippen molar-refractivity contribution in [2.45, 2.75) is 26.7 Å². The van der Waals surface area contributed by atoms with Gasteiger partial charge in [-0.15, -0.1) is 11.3 Å². The van der Waals surface area contributed by atoms with E-state index in [9.17, 15) is 0 Å². The lowest BCUT2D eigenvalue weighted by Gasteiger charge is -2.24. The van der Waals surface area contributed by atoms with Crippen LogP contribution in [0.4, 0.5) is 5.69 Å². The fourth-order valence-corrected chi connectivity index (χ4v) is 2.95. The van der Waals surface area contributed by atoms with Crippen molar-refractivity contribution in [3.63, 3.8) is 0 Å². The standard InChI is InChI=1S/C14H19NS/c1-3-9-15(10-4-2)13-6-5-7-14-12(13)8-11-16-14/h5-8,11H,3-4,9-10H2,1-2H3. The molecule has 0 aliphatic carbocycles. The third-order valence-corrected chi connectivity index (χ3v) is 3.68. The molecule has 1 aromatic carbocycles. The highest BCUT2D eigenvalue weighted by atomic mass is 32.1. The van der Waals surface area contributed by atoms with E-state index in [0.717, 1.165) is 13.1 Å². The second-order valence-corrected chi connectivity index (χ2v) is 5.04. The molecule has 2 heteroatoms. The summed E-state index contributed by atoms with van der Waals surface area (Å²) in [4.78, 5) is 2.51. The summed E-state index contributed by atoms with van der Waals surface area (Å²) in [6.07, 6.45) is 2.42. The number of anilines is 1. The van der Waals surface area contributed by atoms with Crippen LogP contribution in [0, 0.1) is 0 Å². The van der Waals surface area contributed by atoms with Crippen LogP contribution in [0.3, 0.4) is 0 Å². The molecule has 1 nitrogen and oxygen atoms in total. The Labute approximate surface area is 102 Å². The molecule has 0 atom stereocenters. The molecule has 2 rings (SSSR count). The van der Waals surface area contributed by atoms with Crippen LogP contribution in [-0.4, -0.2) is 13.1 Å². The number of rotatable bonds is 5. The van der Waals surface area contributed by atoms with Gasteiger partial charge in [0.1, 0.15) is 0 Å². The Kier molecular flexibility index (Phi) is 3.83. The molecular formula is C14H19NS. The van der Waals surface area contributed by atoms with Gasteiger partial charge in [-0.3, -0.25) is 0 Å². The highest BCUT2D eigenvalue weighted by Crippen LogP contribution is 2.30. The monoisotopic (exact) mass is 233 g/mol. The van der Waals surface area contributed by atoms with Crippen LogP contribution in [-0.2, 0) is 0 Å². The first kappa shape index (κ1) is 11.5. The molecule has 0 unspecified atom stereocenters. The van der Waals surface area contributed by atoms with Gasteiger partial charge >= 0.3 is 0 Å². The first-order valence-electron chi connectivity index (χ1n) is 6.08. The van der Waals surface area contributed by atoms with Gasteiger partial charge in [-0.25, -0.2) is 0 Å². The third kappa shape index (κ3) is 2.22. The van der Waals surface area contributed by atoms with Gasteiger partial charge in [0.05, 0.1) is 0 Å². The quantitative estimate of drug-likeness (QED) is 0.733. The van der Waals surface area contributed by atoms with E-state index in [1.54, 1.807) is 0 Å². The maximum atomic E-state index is 2.51. The normalized spacial score (nSPS) is 10.9. The number of fused-ring (bicyclic) bond motifs is 1. The summed E-state index contributed by atoms with van der Waals surface area (Å²) in [7, 11) is 0. The predicted octanol–water partition coefficient (Wildman–Crippen LogP) is 4.53. The topological polar surface area (TPSA) is 3.24 Å². The van der Waals surface area contributed by atoms with Crippen molar-refractivity contribution in [1.29, 1.82) is 0 Å². The maximum absolute atomic E-state index is 2.51. The molecule has 1 heterocycles. The molecule has 86 valence electrons. The van der Waals surface area contributed by atoms with E-state index >= 15 is 0 Å². The van der Waals surface area contributed by atoms with Gasteiger partial charge in [0.2, 0.25) is 0 Å². The van der Waals surface area contributed by atoms with Crippen LogP contribution in [0.2, 0.25) is 0 Å². The Morgan fingerprint density at radius 2 is 1.81 bits per heavy atom. The minimum Gasteiger partial charge on any atom is -0.371 e. The van der Waals surface area contributed by atoms with Crippen LogP contribution in [0.25, 0.3) is 10.1 Å². The van der Waals surface area contributed by atoms with Gasteiger partial charge in [-0.2, -0.15) is 0 Å². The highest BCUT2D eigenvalue weighted by Gasteiger charge is 2.08. The van der Waals surface area contributed by atoms with Crippen LogP contribution in [0.1, 0.15) is 26.7 Å². The van der Waals surface area contributed by atoms with E-state index in [0.29, 0.717) is 0 Å². The SMILES string of the molecule is CCCN(CCC)c1cccc2sccc12. The van der Waals surface area contributed by atoms with Crippen LogP contribution >= 0.6 is 11.3 Å². The summed E-state index contributed by atoms with van der Waals surface area (Å²) in [6, 6.07) is 8.88. The van der Waals surface area contributed by atoms with Crippen molar-refractivity contribution < 1.29 is 0 Å². The minimum atomic E-state index is 1.16. The van der Waals surface area contributed by atoms with Gasteiger partial charge in [0.25, 0.3) is 0 Å². The molecule has 0 saturated carbocycles. The number of benzene rings is 1. The van der Waals surface area contributed by atoms with Crippen LogP contribution in [0.15, 0.2) is 29.6 Å². The third-order valence-electron chi connectivity index (χ3n) is 2.80. The lowest BCUT2D eigenvalue weighted by molar-refractivity contribution is 0.747. The zero-order chi connectivity index (χ0) is 11.4. The summed E-state index contributed by atoms with van der Waals surface area (Å²) in [5, 5.41) is 3.60. The van der Waals surface area contributed by atoms with Crippen molar-refractivity contribution >= 4 is 27.1 Å². The molecule has 0 aliphatic rings. The molecule has 0 radical (unpaired) electrons. The summed E-state index contributed by atoms with van der Waals surface area (Å²) in [5.41, 5.74) is 1.41. The van der Waals surface area contributed by atoms with Crippen molar-refractivity contribution in [3.05, 3.63) is 29.6 Å². The maximum Gasteiger partial charge on any atom is 0.0454 e. The number of hydrogen-bond donors (Lipinski definition) is 0. The predicted molar refractivity (Wildman–Crippen MR) is 74.6 cm³/mol. The van der Waals surface area contributed by atoms with Crippen molar-refractivity contribution in [3.8, 4) is 0 Å². The zero-order valence-electron chi connectivity index (χ0n) is 10.1. The molecule has 0 aliphatic heterocycles. The van der Waals surface area contributed by atoms with Crippen LogP contribution < -0.4 is 4.90 Å². The molecular weight excluding hydrogens is 214 g/mol. The summed E-state index contributed by atoms with van der Waals surface area (Å²) < 4.78 is 1.40. The Morgan fingerprint density at radius 1 is 1.06 bits per heavy atom. The Morgan fingerprint density at radius 3 is 2.50 bits per heavy atom. The highest BCUT2D eigenvalue weighted by molar-refractivity contribution is 7.17. The van der Waals surface area contributed by atoms with E-state index in [1.165, 1.54) is 28.6 Å². The van der Waals surface area contributed by atoms with Crippen molar-refractivity contribution in [2.24, 2.45) is 0 Å². The van der Waals surface area contributed by atoms with Gasteiger partial charge in [0, 0.05) is 28.9 Å². The lowest BCUT2D eigenvalue weighted by Crippen LogP contribution is -2.24. The molecule has 0 fully saturated rings. The first-order valence-corrected chi connectivity index (χ1v) is 6.96. The average molecular weight is 233 g/mol. The van der Waals surface area contributed by atoms with Crippen LogP contribution in [0.5, 0.6) is 0 Å². The van der Waals surface area contributed by atoms with E-state index in [-0.39, 0.29) is 0 Å². The molecule has 0 bridgehead atoms. The molecule has 0 saturated heterocycles. The largest absolute Gasteiger partial charge is 0.371 e. The van der Waals surface area contributed by atoms with E-state index in [2.05, 4.69) is 48.4 Å². The van der Waals surface area contributed by atoms with Gasteiger partial charge in [0.15, 0.2) is 0 Å². The molecule has 16 heavy (non-hydrogen) atoms. The summed E-state index contributed by atoms with van der Waals surface area (Å²) in [5.74, 6) is 0. The molecule has 0 amide bonds. The van der Waals surface area contributed by atoms with Crippen molar-refractivity contribution in [2.75, 3.05) is 18.0 Å². The Hall–Kier alpha value is -1.02. The Bertz CT molecular complexity index is 441. The second kappa shape index (κ2) is 5.35. The van der Waals surface area contributed by atoms with Crippen molar-refractivity contribution in [1.82, 2.24) is 0 Å². The van der Waals surface area contributed by atoms with E-state index in [4.69, 9.17) is 0 Å². The fourth-order valence-electron chi connectivity index (χ4n) is 2.15. The molecule has 0 spiro atoms. The Balaban J connectivity index is 2.38. The second-order valence-electron chi connectivity index (χ2n) is 4.10. The lowest BCUT2D eigenvalue weighted by atomic mass is 10.2. The van der Waals surface area contributed by atoms with Gasteiger partial charge in [-0.1, -0.05) is 19.9 Å². The van der Waals surface area contributed by atoms with Gasteiger partial charge < -0.3 is 4.90 Å². The minimum absolute atomic E-state index is 1.16. The summed E-state index contributed by atoms with van der Waals surface area (Å²) >= 11 is 1.83. The average Bonchev–Trinajstić information content (AvgIpc) is 2.76. The van der Waals surface area contributed by atoms with E-state index < -0.39 is 0 Å².